The lowest BCUT2D eigenvalue weighted by atomic mass is 10.3. The third kappa shape index (κ3) is 6.02. The highest BCUT2D eigenvalue weighted by molar-refractivity contribution is 7.90. The smallest absolute Gasteiger partial charge is 0.147 e. The largest absolute Gasteiger partial charge is 0.492 e. The molecule has 1 saturated carbocycles. The zero-order valence-corrected chi connectivity index (χ0v) is 11.9. The van der Waals surface area contributed by atoms with Gasteiger partial charge in [0.15, 0.2) is 0 Å². The number of ether oxygens (including phenoxy) is 1. The van der Waals surface area contributed by atoms with Gasteiger partial charge >= 0.3 is 0 Å². The van der Waals surface area contributed by atoms with E-state index in [1.807, 2.05) is 12.1 Å². The molecule has 0 aromatic carbocycles. The van der Waals surface area contributed by atoms with Gasteiger partial charge in [0, 0.05) is 18.8 Å². The maximum Gasteiger partial charge on any atom is 0.147 e. The first-order valence-electron chi connectivity index (χ1n) is 6.52. The molecule has 0 saturated heterocycles. The molecule has 6 heteroatoms. The molecule has 106 valence electrons. The summed E-state index contributed by atoms with van der Waals surface area (Å²) in [6.45, 7) is 1.19. The molecule has 0 spiro atoms. The lowest BCUT2D eigenvalue weighted by molar-refractivity contribution is 0.316. The van der Waals surface area contributed by atoms with Crippen LogP contribution in [-0.4, -0.2) is 38.1 Å². The first-order chi connectivity index (χ1) is 9.03. The molecule has 2 rings (SSSR count). The van der Waals surface area contributed by atoms with Gasteiger partial charge in [-0.05, 0) is 31.4 Å². The topological polar surface area (TPSA) is 68.3 Å². The van der Waals surface area contributed by atoms with Gasteiger partial charge in [-0.25, -0.2) is 8.42 Å². The zero-order chi connectivity index (χ0) is 13.7. The van der Waals surface area contributed by atoms with Gasteiger partial charge in [0.1, 0.15) is 15.6 Å². The molecule has 1 heterocycles. The van der Waals surface area contributed by atoms with Gasteiger partial charge in [0.05, 0.1) is 24.3 Å². The van der Waals surface area contributed by atoms with Crippen molar-refractivity contribution in [3.8, 4) is 5.75 Å². The van der Waals surface area contributed by atoms with Crippen LogP contribution in [0.5, 0.6) is 5.75 Å². The fourth-order valence-corrected chi connectivity index (χ4v) is 2.29. The minimum atomic E-state index is -2.90. The van der Waals surface area contributed by atoms with E-state index < -0.39 is 9.84 Å². The average Bonchev–Trinajstić information content (AvgIpc) is 3.16. The standard InChI is InChI=1S/C13H20N2O3S/c1-19(16,17)8-2-7-18-13-6-5-12(15-10-13)9-14-11-3-4-11/h5-6,10-11,14H,2-4,7-9H2,1H3. The van der Waals surface area contributed by atoms with Gasteiger partial charge in [0.2, 0.25) is 0 Å². The summed E-state index contributed by atoms with van der Waals surface area (Å²) in [5, 5.41) is 3.39. The van der Waals surface area contributed by atoms with E-state index >= 15 is 0 Å². The van der Waals surface area contributed by atoms with E-state index in [-0.39, 0.29) is 5.75 Å². The minimum absolute atomic E-state index is 0.157. The molecule has 1 aromatic heterocycles. The molecule has 1 fully saturated rings. The molecule has 0 radical (unpaired) electrons. The maximum atomic E-state index is 10.9. The molecule has 0 aliphatic heterocycles. The Morgan fingerprint density at radius 2 is 2.21 bits per heavy atom. The molecule has 1 N–H and O–H groups in total. The van der Waals surface area contributed by atoms with Gasteiger partial charge in [-0.3, -0.25) is 4.98 Å². The second-order valence-corrected chi connectivity index (χ2v) is 7.23. The molecule has 0 atom stereocenters. The molecule has 0 amide bonds. The normalized spacial score (nSPS) is 15.4. The Morgan fingerprint density at radius 1 is 1.42 bits per heavy atom. The van der Waals surface area contributed by atoms with E-state index in [9.17, 15) is 8.42 Å². The van der Waals surface area contributed by atoms with Crippen LogP contribution >= 0.6 is 0 Å². The number of aromatic nitrogens is 1. The Labute approximate surface area is 114 Å². The van der Waals surface area contributed by atoms with Crippen molar-refractivity contribution in [2.45, 2.75) is 31.8 Å². The van der Waals surface area contributed by atoms with E-state index in [4.69, 9.17) is 4.74 Å². The summed E-state index contributed by atoms with van der Waals surface area (Å²) in [6, 6.07) is 4.48. The number of sulfone groups is 1. The van der Waals surface area contributed by atoms with Crippen molar-refractivity contribution in [3.05, 3.63) is 24.0 Å². The predicted octanol–water partition coefficient (Wildman–Crippen LogP) is 1.15. The van der Waals surface area contributed by atoms with Crippen LogP contribution in [0.2, 0.25) is 0 Å². The van der Waals surface area contributed by atoms with Crippen molar-refractivity contribution < 1.29 is 13.2 Å². The number of hydrogen-bond acceptors (Lipinski definition) is 5. The van der Waals surface area contributed by atoms with Crippen molar-refractivity contribution in [3.63, 3.8) is 0 Å². The van der Waals surface area contributed by atoms with Crippen LogP contribution < -0.4 is 10.1 Å². The SMILES string of the molecule is CS(=O)(=O)CCCOc1ccc(CNC2CC2)nc1. The van der Waals surface area contributed by atoms with Gasteiger partial charge in [-0.2, -0.15) is 0 Å². The van der Waals surface area contributed by atoms with Crippen LogP contribution in [0.15, 0.2) is 18.3 Å². The molecule has 5 nitrogen and oxygen atoms in total. The van der Waals surface area contributed by atoms with Crippen molar-refractivity contribution in [1.82, 2.24) is 10.3 Å². The summed E-state index contributed by atoms with van der Waals surface area (Å²) in [6.07, 6.45) is 5.95. The molecule has 19 heavy (non-hydrogen) atoms. The average molecular weight is 284 g/mol. The summed E-state index contributed by atoms with van der Waals surface area (Å²) in [4.78, 5) is 4.30. The Kier molecular flexibility index (Phi) is 4.76. The molecule has 1 aliphatic rings. The third-order valence-electron chi connectivity index (χ3n) is 2.88. The van der Waals surface area contributed by atoms with Gasteiger partial charge < -0.3 is 10.1 Å². The summed E-state index contributed by atoms with van der Waals surface area (Å²) in [5.74, 6) is 0.841. The van der Waals surface area contributed by atoms with E-state index in [0.717, 1.165) is 12.2 Å². The highest BCUT2D eigenvalue weighted by Crippen LogP contribution is 2.19. The number of hydrogen-bond donors (Lipinski definition) is 1. The van der Waals surface area contributed by atoms with E-state index in [1.165, 1.54) is 19.1 Å². The number of nitrogens with zero attached hydrogens (tertiary/aromatic N) is 1. The Balaban J connectivity index is 1.68. The lowest BCUT2D eigenvalue weighted by Crippen LogP contribution is -2.16. The van der Waals surface area contributed by atoms with Crippen LogP contribution in [0.3, 0.4) is 0 Å². The van der Waals surface area contributed by atoms with E-state index in [0.29, 0.717) is 24.8 Å². The number of pyridine rings is 1. The maximum absolute atomic E-state index is 10.9. The quantitative estimate of drug-likeness (QED) is 0.725. The molecule has 0 unspecified atom stereocenters. The molecule has 1 aromatic rings. The summed E-state index contributed by atoms with van der Waals surface area (Å²) in [5.41, 5.74) is 0.996. The Morgan fingerprint density at radius 3 is 2.79 bits per heavy atom. The fraction of sp³-hybridized carbons (Fsp3) is 0.615. The molecule has 0 bridgehead atoms. The van der Waals surface area contributed by atoms with Crippen LogP contribution in [0.4, 0.5) is 0 Å². The summed E-state index contributed by atoms with van der Waals surface area (Å²) >= 11 is 0. The number of nitrogens with one attached hydrogen (secondary N) is 1. The second kappa shape index (κ2) is 6.34. The second-order valence-electron chi connectivity index (χ2n) is 4.97. The monoisotopic (exact) mass is 284 g/mol. The van der Waals surface area contributed by atoms with Crippen molar-refractivity contribution >= 4 is 9.84 Å². The van der Waals surface area contributed by atoms with Crippen molar-refractivity contribution in [1.29, 1.82) is 0 Å². The Bertz CT molecular complexity index is 495. The summed E-state index contributed by atoms with van der Waals surface area (Å²) in [7, 11) is -2.90. The third-order valence-corrected chi connectivity index (χ3v) is 3.91. The highest BCUT2D eigenvalue weighted by atomic mass is 32.2. The van der Waals surface area contributed by atoms with Gasteiger partial charge in [-0.15, -0.1) is 0 Å². The predicted molar refractivity (Wildman–Crippen MR) is 73.9 cm³/mol. The van der Waals surface area contributed by atoms with Gasteiger partial charge in [-0.1, -0.05) is 0 Å². The Hall–Kier alpha value is -1.14. The van der Waals surface area contributed by atoms with Crippen molar-refractivity contribution in [2.24, 2.45) is 0 Å². The highest BCUT2D eigenvalue weighted by Gasteiger charge is 2.19. The van der Waals surface area contributed by atoms with E-state index in [2.05, 4.69) is 10.3 Å². The zero-order valence-electron chi connectivity index (χ0n) is 11.1. The minimum Gasteiger partial charge on any atom is -0.492 e. The first kappa shape index (κ1) is 14.3. The van der Waals surface area contributed by atoms with Gasteiger partial charge in [0.25, 0.3) is 0 Å². The van der Waals surface area contributed by atoms with Crippen LogP contribution in [0.1, 0.15) is 25.0 Å². The van der Waals surface area contributed by atoms with Crippen LogP contribution in [0.25, 0.3) is 0 Å². The van der Waals surface area contributed by atoms with Crippen LogP contribution in [0, 0.1) is 0 Å². The lowest BCUT2D eigenvalue weighted by Gasteiger charge is -2.06. The summed E-state index contributed by atoms with van der Waals surface area (Å²) < 4.78 is 27.3. The fourth-order valence-electron chi connectivity index (χ4n) is 1.65. The van der Waals surface area contributed by atoms with Crippen molar-refractivity contribution in [2.75, 3.05) is 18.6 Å². The number of rotatable bonds is 8. The molecule has 1 aliphatic carbocycles. The molecular formula is C13H20N2O3S. The first-order valence-corrected chi connectivity index (χ1v) is 8.58. The van der Waals surface area contributed by atoms with E-state index in [1.54, 1.807) is 6.20 Å². The van der Waals surface area contributed by atoms with Crippen LogP contribution in [-0.2, 0) is 16.4 Å². The molecular weight excluding hydrogens is 264 g/mol.